The molecule has 0 aliphatic rings. The number of nitrogens with one attached hydrogen (secondary N) is 2. The summed E-state index contributed by atoms with van der Waals surface area (Å²) in [5.74, 6) is 0.789. The Morgan fingerprint density at radius 2 is 1.55 bits per heavy atom. The molecule has 7 nitrogen and oxygen atoms in total. The predicted molar refractivity (Wildman–Crippen MR) is 136 cm³/mol. The molecule has 1 heterocycles. The number of hydrogen-bond donors (Lipinski definition) is 2. The molecule has 2 N–H and O–H groups in total. The summed E-state index contributed by atoms with van der Waals surface area (Å²) < 4.78 is 1.83. The van der Waals surface area contributed by atoms with Crippen LogP contribution in [0.5, 0.6) is 0 Å². The minimum atomic E-state index is -0.308. The van der Waals surface area contributed by atoms with E-state index in [4.69, 9.17) is 5.10 Å². The zero-order chi connectivity index (χ0) is 25.1. The van der Waals surface area contributed by atoms with Crippen molar-refractivity contribution in [2.75, 3.05) is 17.2 Å². The first kappa shape index (κ1) is 26.4. The molecule has 182 valence electrons. The molecule has 33 heavy (non-hydrogen) atoms. The minimum Gasteiger partial charge on any atom is -0.313 e. The first-order valence-electron chi connectivity index (χ1n) is 11.7. The normalized spacial score (nSPS) is 12.2. The number of carbonyl (C=O) groups excluding carboxylic acids is 2. The van der Waals surface area contributed by atoms with Crippen LogP contribution in [0.3, 0.4) is 0 Å². The Balaban J connectivity index is 2.16. The van der Waals surface area contributed by atoms with Crippen LogP contribution in [0.1, 0.15) is 86.4 Å². The zero-order valence-electron chi connectivity index (χ0n) is 21.9. The molecule has 0 unspecified atom stereocenters. The predicted octanol–water partition coefficient (Wildman–Crippen LogP) is 5.94. The van der Waals surface area contributed by atoms with Gasteiger partial charge < -0.3 is 15.5 Å². The summed E-state index contributed by atoms with van der Waals surface area (Å²) in [4.78, 5) is 27.4. The Morgan fingerprint density at radius 1 is 0.970 bits per heavy atom. The summed E-state index contributed by atoms with van der Waals surface area (Å²) in [5.41, 5.74) is 2.36. The van der Waals surface area contributed by atoms with E-state index in [1.54, 1.807) is 0 Å². The van der Waals surface area contributed by atoms with Crippen molar-refractivity contribution in [3.05, 3.63) is 41.6 Å². The monoisotopic (exact) mass is 455 g/mol. The van der Waals surface area contributed by atoms with Gasteiger partial charge in [0.1, 0.15) is 12.4 Å². The van der Waals surface area contributed by atoms with Gasteiger partial charge in [-0.15, -0.1) is 0 Å². The highest BCUT2D eigenvalue weighted by Gasteiger charge is 2.27. The molecule has 0 aliphatic heterocycles. The first-order chi connectivity index (χ1) is 15.1. The summed E-state index contributed by atoms with van der Waals surface area (Å²) in [6.45, 7) is 20.4. The lowest BCUT2D eigenvalue weighted by Gasteiger charge is -2.27. The Kier molecular flexibility index (Phi) is 7.99. The van der Waals surface area contributed by atoms with Crippen molar-refractivity contribution in [3.8, 4) is 0 Å². The third-order valence-corrected chi connectivity index (χ3v) is 5.41. The fraction of sp³-hybridized carbons (Fsp3) is 0.577. The van der Waals surface area contributed by atoms with Gasteiger partial charge in [-0.1, -0.05) is 46.8 Å². The lowest BCUT2D eigenvalue weighted by atomic mass is 9.92. The molecule has 7 heteroatoms. The lowest BCUT2D eigenvalue weighted by molar-refractivity contribution is -0.117. The second-order valence-corrected chi connectivity index (χ2v) is 11.2. The van der Waals surface area contributed by atoms with Crippen molar-refractivity contribution in [2.24, 2.45) is 0 Å². The number of rotatable bonds is 6. The summed E-state index contributed by atoms with van der Waals surface area (Å²) in [6, 6.07) is 9.25. The molecule has 0 radical (unpaired) electrons. The maximum Gasteiger partial charge on any atom is 0.322 e. The molecule has 1 aromatic carbocycles. The van der Waals surface area contributed by atoms with E-state index in [-0.39, 0.29) is 35.5 Å². The lowest BCUT2D eigenvalue weighted by Crippen LogP contribution is -2.45. The van der Waals surface area contributed by atoms with Crippen LogP contribution in [0.15, 0.2) is 30.3 Å². The second kappa shape index (κ2) is 9.98. The Bertz CT molecular complexity index is 960. The van der Waals surface area contributed by atoms with Gasteiger partial charge in [0, 0.05) is 23.2 Å². The van der Waals surface area contributed by atoms with Crippen LogP contribution in [0.25, 0.3) is 0 Å². The summed E-state index contributed by atoms with van der Waals surface area (Å²) in [7, 11) is 0. The number of anilines is 2. The Labute approximate surface area is 198 Å². The molecule has 3 amide bonds. The van der Waals surface area contributed by atoms with Gasteiger partial charge in [0.05, 0.1) is 11.2 Å². The van der Waals surface area contributed by atoms with E-state index in [0.29, 0.717) is 17.4 Å². The van der Waals surface area contributed by atoms with E-state index < -0.39 is 0 Å². The van der Waals surface area contributed by atoms with Crippen LogP contribution in [-0.4, -0.2) is 39.2 Å². The van der Waals surface area contributed by atoms with Crippen LogP contribution >= 0.6 is 0 Å². The molecule has 0 saturated carbocycles. The number of benzene rings is 1. The van der Waals surface area contributed by atoms with E-state index in [1.807, 2.05) is 69.6 Å². The van der Waals surface area contributed by atoms with Gasteiger partial charge in [-0.3, -0.25) is 4.79 Å². The van der Waals surface area contributed by atoms with Crippen LogP contribution in [0, 0.1) is 0 Å². The number of nitrogens with zero attached hydrogens (tertiary/aromatic N) is 3. The Hall–Kier alpha value is -2.83. The average Bonchev–Trinajstić information content (AvgIpc) is 3.11. The van der Waals surface area contributed by atoms with E-state index in [2.05, 4.69) is 45.3 Å². The smallest absolute Gasteiger partial charge is 0.313 e. The maximum absolute atomic E-state index is 13.0. The van der Waals surface area contributed by atoms with Crippen molar-refractivity contribution in [3.63, 3.8) is 0 Å². The van der Waals surface area contributed by atoms with Crippen molar-refractivity contribution in [2.45, 2.75) is 92.2 Å². The molecule has 1 aromatic heterocycles. The number of amides is 3. The van der Waals surface area contributed by atoms with Gasteiger partial charge in [-0.25, -0.2) is 9.48 Å². The highest BCUT2D eigenvalue weighted by molar-refractivity contribution is 5.96. The third kappa shape index (κ3) is 7.07. The Morgan fingerprint density at radius 3 is 2.00 bits per heavy atom. The molecule has 0 fully saturated rings. The van der Waals surface area contributed by atoms with E-state index >= 15 is 0 Å². The molecule has 0 spiro atoms. The fourth-order valence-corrected chi connectivity index (χ4v) is 3.32. The van der Waals surface area contributed by atoms with Gasteiger partial charge in [0.25, 0.3) is 0 Å². The molecule has 2 rings (SSSR count). The second-order valence-electron chi connectivity index (χ2n) is 11.2. The van der Waals surface area contributed by atoms with Crippen molar-refractivity contribution in [1.82, 2.24) is 14.7 Å². The van der Waals surface area contributed by atoms with Gasteiger partial charge in [-0.05, 0) is 58.2 Å². The quantitative estimate of drug-likeness (QED) is 0.566. The zero-order valence-corrected chi connectivity index (χ0v) is 21.9. The number of urea groups is 1. The number of hydrogen-bond acceptors (Lipinski definition) is 3. The van der Waals surface area contributed by atoms with Gasteiger partial charge in [0.2, 0.25) is 5.91 Å². The topological polar surface area (TPSA) is 79.3 Å². The number of aromatic nitrogens is 2. The molecular formula is C26H41N5O2. The standard InChI is InChI=1S/C26H41N5O2/c1-17(2)19-11-13-20(14-12-19)27-24(33)30(18(3)4)16-23(32)28-22-15-21(25(5,6)7)29-31(22)26(8,9)10/h11-15,17-18H,16H2,1-10H3,(H,27,33)(H,28,32). The van der Waals surface area contributed by atoms with Crippen molar-refractivity contribution < 1.29 is 9.59 Å². The van der Waals surface area contributed by atoms with E-state index in [0.717, 1.165) is 5.69 Å². The molecule has 2 aromatic rings. The van der Waals surface area contributed by atoms with E-state index in [1.165, 1.54) is 10.5 Å². The average molecular weight is 456 g/mol. The summed E-state index contributed by atoms with van der Waals surface area (Å²) in [6.07, 6.45) is 0. The number of carbonyl (C=O) groups is 2. The van der Waals surface area contributed by atoms with Gasteiger partial charge >= 0.3 is 6.03 Å². The third-order valence-electron chi connectivity index (χ3n) is 5.41. The molecule has 0 saturated heterocycles. The summed E-state index contributed by atoms with van der Waals surface area (Å²) >= 11 is 0. The largest absolute Gasteiger partial charge is 0.322 e. The fourth-order valence-electron chi connectivity index (χ4n) is 3.32. The van der Waals surface area contributed by atoms with Crippen molar-refractivity contribution in [1.29, 1.82) is 0 Å². The molecule has 0 aliphatic carbocycles. The van der Waals surface area contributed by atoms with Crippen molar-refractivity contribution >= 4 is 23.4 Å². The SMILES string of the molecule is CC(C)c1ccc(NC(=O)N(CC(=O)Nc2cc(C(C)(C)C)nn2C(C)(C)C)C(C)C)cc1. The van der Waals surface area contributed by atoms with Crippen LogP contribution in [0.2, 0.25) is 0 Å². The molecule has 0 bridgehead atoms. The summed E-state index contributed by atoms with van der Waals surface area (Å²) in [5, 5.41) is 10.6. The van der Waals surface area contributed by atoms with Crippen LogP contribution in [0.4, 0.5) is 16.3 Å². The minimum absolute atomic E-state index is 0.0618. The van der Waals surface area contributed by atoms with Gasteiger partial charge in [-0.2, -0.15) is 5.10 Å². The van der Waals surface area contributed by atoms with E-state index in [9.17, 15) is 9.59 Å². The van der Waals surface area contributed by atoms with Gasteiger partial charge in [0.15, 0.2) is 0 Å². The highest BCUT2D eigenvalue weighted by Crippen LogP contribution is 2.28. The van der Waals surface area contributed by atoms with Crippen LogP contribution in [-0.2, 0) is 15.7 Å². The molecule has 0 atom stereocenters. The maximum atomic E-state index is 13.0. The van der Waals surface area contributed by atoms with Crippen LogP contribution < -0.4 is 10.6 Å². The first-order valence-corrected chi connectivity index (χ1v) is 11.7. The highest BCUT2D eigenvalue weighted by atomic mass is 16.2. The molecular weight excluding hydrogens is 414 g/mol.